The van der Waals surface area contributed by atoms with Crippen LogP contribution in [0, 0.1) is 5.92 Å². The first-order chi connectivity index (χ1) is 8.48. The van der Waals surface area contributed by atoms with Crippen molar-refractivity contribution in [2.45, 2.75) is 64.5 Å². The van der Waals surface area contributed by atoms with Crippen LogP contribution in [-0.2, 0) is 9.59 Å². The fraction of sp³-hybridized carbons (Fsp3) is 0.857. The molecule has 18 heavy (non-hydrogen) atoms. The number of amides is 2. The molecule has 1 aliphatic carbocycles. The molecule has 0 spiro atoms. The Morgan fingerprint density at radius 2 is 2.11 bits per heavy atom. The lowest BCUT2D eigenvalue weighted by Crippen LogP contribution is -2.57. The van der Waals surface area contributed by atoms with E-state index in [-0.39, 0.29) is 17.9 Å². The molecule has 2 fully saturated rings. The van der Waals surface area contributed by atoms with Gasteiger partial charge in [-0.1, -0.05) is 13.3 Å². The number of nitrogens with one attached hydrogen (secondary N) is 1. The van der Waals surface area contributed by atoms with Gasteiger partial charge >= 0.3 is 0 Å². The first-order valence-corrected chi connectivity index (χ1v) is 7.10. The molecule has 1 aliphatic heterocycles. The van der Waals surface area contributed by atoms with Crippen molar-refractivity contribution in [3.63, 3.8) is 0 Å². The minimum Gasteiger partial charge on any atom is -0.342 e. The summed E-state index contributed by atoms with van der Waals surface area (Å²) < 4.78 is 0. The standard InChI is InChI=1S/C14H24N2O2/c1-4-14(3)13(18)16(9-8-12(17)15-14)10(2)11-6-5-7-11/h10-11H,4-9H2,1-3H3,(H,15,17). The minimum atomic E-state index is -0.717. The Morgan fingerprint density at radius 3 is 2.61 bits per heavy atom. The van der Waals surface area contributed by atoms with Crippen molar-refractivity contribution >= 4 is 11.8 Å². The molecule has 1 N–H and O–H groups in total. The van der Waals surface area contributed by atoms with Crippen molar-refractivity contribution in [3.8, 4) is 0 Å². The molecule has 0 aromatic heterocycles. The average Bonchev–Trinajstić information content (AvgIpc) is 2.36. The van der Waals surface area contributed by atoms with E-state index in [9.17, 15) is 9.59 Å². The van der Waals surface area contributed by atoms with E-state index in [4.69, 9.17) is 0 Å². The van der Waals surface area contributed by atoms with Gasteiger partial charge in [0.25, 0.3) is 0 Å². The van der Waals surface area contributed by atoms with Crippen molar-refractivity contribution in [2.75, 3.05) is 6.54 Å². The molecule has 4 nitrogen and oxygen atoms in total. The van der Waals surface area contributed by atoms with Crippen LogP contribution in [0.2, 0.25) is 0 Å². The van der Waals surface area contributed by atoms with Crippen LogP contribution in [0.15, 0.2) is 0 Å². The molecular formula is C14H24N2O2. The van der Waals surface area contributed by atoms with E-state index in [1.165, 1.54) is 19.3 Å². The molecule has 0 aromatic rings. The predicted molar refractivity (Wildman–Crippen MR) is 70.0 cm³/mol. The number of carbonyl (C=O) groups is 2. The van der Waals surface area contributed by atoms with Crippen LogP contribution in [0.1, 0.15) is 52.9 Å². The smallest absolute Gasteiger partial charge is 0.248 e. The number of rotatable bonds is 3. The molecule has 2 atom stereocenters. The van der Waals surface area contributed by atoms with E-state index in [2.05, 4.69) is 12.2 Å². The average molecular weight is 252 g/mol. The minimum absolute atomic E-state index is 0.00369. The lowest BCUT2D eigenvalue weighted by Gasteiger charge is -2.41. The second-order valence-electron chi connectivity index (χ2n) is 5.91. The molecule has 2 amide bonds. The molecule has 2 rings (SSSR count). The molecule has 0 bridgehead atoms. The third kappa shape index (κ3) is 2.25. The molecule has 2 aliphatic rings. The lowest BCUT2D eigenvalue weighted by molar-refractivity contribution is -0.141. The molecule has 0 radical (unpaired) electrons. The molecule has 1 heterocycles. The Balaban J connectivity index is 2.18. The summed E-state index contributed by atoms with van der Waals surface area (Å²) in [5, 5.41) is 2.88. The summed E-state index contributed by atoms with van der Waals surface area (Å²) in [6.45, 7) is 6.50. The number of nitrogens with zero attached hydrogens (tertiary/aromatic N) is 1. The van der Waals surface area contributed by atoms with Gasteiger partial charge in [-0.05, 0) is 39.0 Å². The highest BCUT2D eigenvalue weighted by atomic mass is 16.2. The van der Waals surface area contributed by atoms with Gasteiger partial charge < -0.3 is 10.2 Å². The molecule has 0 aromatic carbocycles. The van der Waals surface area contributed by atoms with Gasteiger partial charge in [0.1, 0.15) is 5.54 Å². The highest BCUT2D eigenvalue weighted by Gasteiger charge is 2.42. The molecule has 1 saturated heterocycles. The van der Waals surface area contributed by atoms with Crippen LogP contribution in [0.3, 0.4) is 0 Å². The second-order valence-corrected chi connectivity index (χ2v) is 5.91. The van der Waals surface area contributed by atoms with E-state index in [1.54, 1.807) is 0 Å². The van der Waals surface area contributed by atoms with Gasteiger partial charge in [0.05, 0.1) is 0 Å². The number of carbonyl (C=O) groups excluding carboxylic acids is 2. The van der Waals surface area contributed by atoms with E-state index in [0.717, 1.165) is 0 Å². The van der Waals surface area contributed by atoms with Crippen LogP contribution >= 0.6 is 0 Å². The van der Waals surface area contributed by atoms with Gasteiger partial charge in [0.15, 0.2) is 0 Å². The summed E-state index contributed by atoms with van der Waals surface area (Å²) in [4.78, 5) is 26.3. The zero-order valence-corrected chi connectivity index (χ0v) is 11.7. The maximum atomic E-state index is 12.6. The highest BCUT2D eigenvalue weighted by Crippen LogP contribution is 2.33. The van der Waals surface area contributed by atoms with Gasteiger partial charge in [-0.25, -0.2) is 0 Å². The van der Waals surface area contributed by atoms with Crippen LogP contribution in [-0.4, -0.2) is 34.8 Å². The summed E-state index contributed by atoms with van der Waals surface area (Å²) in [5.74, 6) is 0.717. The Hall–Kier alpha value is -1.06. The Kier molecular flexibility index (Phi) is 3.64. The summed E-state index contributed by atoms with van der Waals surface area (Å²) in [7, 11) is 0. The zero-order chi connectivity index (χ0) is 13.3. The molecular weight excluding hydrogens is 228 g/mol. The first kappa shape index (κ1) is 13.4. The topological polar surface area (TPSA) is 49.4 Å². The fourth-order valence-corrected chi connectivity index (χ4v) is 2.87. The number of hydrogen-bond donors (Lipinski definition) is 1. The molecule has 102 valence electrons. The predicted octanol–water partition coefficient (Wildman–Crippen LogP) is 1.69. The normalized spacial score (nSPS) is 31.6. The van der Waals surface area contributed by atoms with Crippen LogP contribution in [0.5, 0.6) is 0 Å². The third-order valence-electron chi connectivity index (χ3n) is 4.76. The Morgan fingerprint density at radius 1 is 1.44 bits per heavy atom. The molecule has 1 saturated carbocycles. The van der Waals surface area contributed by atoms with Gasteiger partial charge in [-0.2, -0.15) is 0 Å². The summed E-state index contributed by atoms with van der Waals surface area (Å²) in [6, 6.07) is 0.268. The van der Waals surface area contributed by atoms with Crippen LogP contribution < -0.4 is 5.32 Å². The van der Waals surface area contributed by atoms with Gasteiger partial charge in [-0.15, -0.1) is 0 Å². The zero-order valence-electron chi connectivity index (χ0n) is 11.7. The fourth-order valence-electron chi connectivity index (χ4n) is 2.87. The molecule has 2 unspecified atom stereocenters. The second kappa shape index (κ2) is 4.90. The van der Waals surface area contributed by atoms with Crippen LogP contribution in [0.4, 0.5) is 0 Å². The Labute approximate surface area is 109 Å². The van der Waals surface area contributed by atoms with Crippen molar-refractivity contribution in [1.82, 2.24) is 10.2 Å². The van der Waals surface area contributed by atoms with Crippen LogP contribution in [0.25, 0.3) is 0 Å². The van der Waals surface area contributed by atoms with Crippen molar-refractivity contribution in [3.05, 3.63) is 0 Å². The Bertz CT molecular complexity index is 352. The van der Waals surface area contributed by atoms with Gasteiger partial charge in [0.2, 0.25) is 11.8 Å². The van der Waals surface area contributed by atoms with Crippen molar-refractivity contribution in [1.29, 1.82) is 0 Å². The maximum Gasteiger partial charge on any atom is 0.248 e. The quantitative estimate of drug-likeness (QED) is 0.831. The monoisotopic (exact) mass is 252 g/mol. The first-order valence-electron chi connectivity index (χ1n) is 7.10. The van der Waals surface area contributed by atoms with Crippen molar-refractivity contribution < 1.29 is 9.59 Å². The van der Waals surface area contributed by atoms with E-state index in [0.29, 0.717) is 25.3 Å². The lowest BCUT2D eigenvalue weighted by atomic mass is 9.79. The third-order valence-corrected chi connectivity index (χ3v) is 4.76. The SMILES string of the molecule is CCC1(C)NC(=O)CCN(C(C)C2CCC2)C1=O. The van der Waals surface area contributed by atoms with Gasteiger partial charge in [-0.3, -0.25) is 9.59 Å². The summed E-state index contributed by atoms with van der Waals surface area (Å²) >= 11 is 0. The molecule has 4 heteroatoms. The van der Waals surface area contributed by atoms with Crippen molar-refractivity contribution in [2.24, 2.45) is 5.92 Å². The van der Waals surface area contributed by atoms with Gasteiger partial charge in [0, 0.05) is 19.0 Å². The largest absolute Gasteiger partial charge is 0.342 e. The van der Waals surface area contributed by atoms with E-state index in [1.807, 2.05) is 18.7 Å². The number of hydrogen-bond acceptors (Lipinski definition) is 2. The highest BCUT2D eigenvalue weighted by molar-refractivity contribution is 5.93. The summed E-state index contributed by atoms with van der Waals surface area (Å²) in [5.41, 5.74) is -0.717. The van der Waals surface area contributed by atoms with E-state index < -0.39 is 5.54 Å². The maximum absolute atomic E-state index is 12.6. The summed E-state index contributed by atoms with van der Waals surface area (Å²) in [6.07, 6.45) is 4.79. The van der Waals surface area contributed by atoms with E-state index >= 15 is 0 Å².